The molecule has 0 aliphatic carbocycles. The first-order chi connectivity index (χ1) is 5.34. The highest BCUT2D eigenvalue weighted by Gasteiger charge is 1.99. The van der Waals surface area contributed by atoms with Crippen LogP contribution in [0.5, 0.6) is 0 Å². The topological polar surface area (TPSA) is 20.2 Å². The fourth-order valence-corrected chi connectivity index (χ4v) is 2.25. The first-order valence-electron chi connectivity index (χ1n) is 3.67. The number of aliphatic hydroxyl groups is 1. The van der Waals surface area contributed by atoms with E-state index in [1.54, 1.807) is 11.3 Å². The van der Waals surface area contributed by atoms with Crippen LogP contribution in [0.3, 0.4) is 0 Å². The molecular weight excluding hydrogens is 224 g/mol. The maximum absolute atomic E-state index is 8.56. The molecule has 0 fully saturated rings. The molecule has 0 radical (unpaired) electrons. The molecule has 0 aliphatic heterocycles. The SMILES string of the molecule is OCCCCc1ccsc1Br. The maximum Gasteiger partial charge on any atom is 0.0730 e. The van der Waals surface area contributed by atoms with Gasteiger partial charge in [-0.25, -0.2) is 0 Å². The van der Waals surface area contributed by atoms with E-state index in [-0.39, 0.29) is 0 Å². The molecule has 1 heterocycles. The van der Waals surface area contributed by atoms with Gasteiger partial charge in [-0.05, 0) is 52.2 Å². The summed E-state index contributed by atoms with van der Waals surface area (Å²) < 4.78 is 1.23. The van der Waals surface area contributed by atoms with Gasteiger partial charge in [0.05, 0.1) is 3.79 Å². The Kier molecular flexibility index (Phi) is 4.12. The van der Waals surface area contributed by atoms with Crippen molar-refractivity contribution in [3.05, 3.63) is 20.8 Å². The lowest BCUT2D eigenvalue weighted by atomic mass is 10.1. The minimum atomic E-state index is 0.307. The zero-order chi connectivity index (χ0) is 8.10. The predicted molar refractivity (Wildman–Crippen MR) is 52.0 cm³/mol. The van der Waals surface area contributed by atoms with Crippen molar-refractivity contribution in [2.45, 2.75) is 19.3 Å². The maximum atomic E-state index is 8.56. The van der Waals surface area contributed by atoms with E-state index in [0.29, 0.717) is 6.61 Å². The molecule has 1 aromatic heterocycles. The summed E-state index contributed by atoms with van der Waals surface area (Å²) in [5.41, 5.74) is 1.36. The number of thiophene rings is 1. The van der Waals surface area contributed by atoms with Crippen molar-refractivity contribution in [2.24, 2.45) is 0 Å². The van der Waals surface area contributed by atoms with Crippen molar-refractivity contribution in [1.29, 1.82) is 0 Å². The van der Waals surface area contributed by atoms with Gasteiger partial charge >= 0.3 is 0 Å². The second-order valence-corrected chi connectivity index (χ2v) is 4.63. The third-order valence-electron chi connectivity index (χ3n) is 1.55. The van der Waals surface area contributed by atoms with E-state index in [2.05, 4.69) is 27.4 Å². The first-order valence-corrected chi connectivity index (χ1v) is 5.34. The average Bonchev–Trinajstić information content (AvgIpc) is 2.37. The zero-order valence-electron chi connectivity index (χ0n) is 6.22. The molecule has 0 aromatic carbocycles. The van der Waals surface area contributed by atoms with Crippen LogP contribution in [0.1, 0.15) is 18.4 Å². The molecule has 0 amide bonds. The number of hydrogen-bond acceptors (Lipinski definition) is 2. The molecule has 0 spiro atoms. The molecule has 1 nitrogen and oxygen atoms in total. The van der Waals surface area contributed by atoms with Crippen LogP contribution in [-0.2, 0) is 6.42 Å². The van der Waals surface area contributed by atoms with Gasteiger partial charge < -0.3 is 5.11 Å². The summed E-state index contributed by atoms with van der Waals surface area (Å²) in [6, 6.07) is 2.13. The van der Waals surface area contributed by atoms with Crippen LogP contribution < -0.4 is 0 Å². The van der Waals surface area contributed by atoms with Crippen LogP contribution in [0.4, 0.5) is 0 Å². The Morgan fingerprint density at radius 3 is 2.82 bits per heavy atom. The van der Waals surface area contributed by atoms with Crippen molar-refractivity contribution in [3.63, 3.8) is 0 Å². The lowest BCUT2D eigenvalue weighted by Crippen LogP contribution is -1.86. The molecule has 3 heteroatoms. The highest BCUT2D eigenvalue weighted by atomic mass is 79.9. The number of halogens is 1. The van der Waals surface area contributed by atoms with Gasteiger partial charge in [0, 0.05) is 6.61 Å². The summed E-state index contributed by atoms with van der Waals surface area (Å²) in [4.78, 5) is 0. The number of unbranched alkanes of at least 4 members (excludes halogenated alkanes) is 1. The van der Waals surface area contributed by atoms with Crippen molar-refractivity contribution < 1.29 is 5.11 Å². The van der Waals surface area contributed by atoms with Gasteiger partial charge in [0.1, 0.15) is 0 Å². The third-order valence-corrected chi connectivity index (χ3v) is 3.36. The molecule has 11 heavy (non-hydrogen) atoms. The molecule has 0 saturated carbocycles. The van der Waals surface area contributed by atoms with Gasteiger partial charge in [0.15, 0.2) is 0 Å². The highest BCUT2D eigenvalue weighted by molar-refractivity contribution is 9.11. The molecule has 0 saturated heterocycles. The van der Waals surface area contributed by atoms with Crippen LogP contribution in [0.2, 0.25) is 0 Å². The van der Waals surface area contributed by atoms with Crippen molar-refractivity contribution in [2.75, 3.05) is 6.61 Å². The Bertz CT molecular complexity index is 210. The van der Waals surface area contributed by atoms with Gasteiger partial charge in [-0.15, -0.1) is 11.3 Å². The molecule has 62 valence electrons. The van der Waals surface area contributed by atoms with Gasteiger partial charge in [0.25, 0.3) is 0 Å². The van der Waals surface area contributed by atoms with E-state index in [0.717, 1.165) is 19.3 Å². The van der Waals surface area contributed by atoms with Gasteiger partial charge in [0.2, 0.25) is 0 Å². The summed E-state index contributed by atoms with van der Waals surface area (Å²) in [5, 5.41) is 10.6. The number of rotatable bonds is 4. The van der Waals surface area contributed by atoms with E-state index < -0.39 is 0 Å². The van der Waals surface area contributed by atoms with Crippen LogP contribution in [0, 0.1) is 0 Å². The van der Waals surface area contributed by atoms with Crippen LogP contribution in [0.25, 0.3) is 0 Å². The van der Waals surface area contributed by atoms with Crippen LogP contribution >= 0.6 is 27.3 Å². The second kappa shape index (κ2) is 4.91. The Morgan fingerprint density at radius 1 is 1.45 bits per heavy atom. The average molecular weight is 235 g/mol. The monoisotopic (exact) mass is 234 g/mol. The van der Waals surface area contributed by atoms with Crippen LogP contribution in [-0.4, -0.2) is 11.7 Å². The molecule has 1 rings (SSSR count). The van der Waals surface area contributed by atoms with Gasteiger partial charge in [-0.2, -0.15) is 0 Å². The minimum absolute atomic E-state index is 0.307. The summed E-state index contributed by atoms with van der Waals surface area (Å²) in [7, 11) is 0. The Balaban J connectivity index is 2.32. The van der Waals surface area contributed by atoms with E-state index in [4.69, 9.17) is 5.11 Å². The standard InChI is InChI=1S/C8H11BrOS/c9-8-7(4-6-11-8)3-1-2-5-10/h4,6,10H,1-3,5H2. The fourth-order valence-electron chi connectivity index (χ4n) is 0.926. The summed E-state index contributed by atoms with van der Waals surface area (Å²) in [5.74, 6) is 0. The minimum Gasteiger partial charge on any atom is -0.396 e. The second-order valence-electron chi connectivity index (χ2n) is 2.40. The smallest absolute Gasteiger partial charge is 0.0730 e. The highest BCUT2D eigenvalue weighted by Crippen LogP contribution is 2.24. The summed E-state index contributed by atoms with van der Waals surface area (Å²) in [6.07, 6.45) is 3.05. The van der Waals surface area contributed by atoms with E-state index >= 15 is 0 Å². The Hall–Kier alpha value is 0.140. The van der Waals surface area contributed by atoms with Crippen LogP contribution in [0.15, 0.2) is 15.2 Å². The molecule has 1 N–H and O–H groups in total. The molecule has 1 aromatic rings. The van der Waals surface area contributed by atoms with E-state index in [1.165, 1.54) is 9.35 Å². The summed E-state index contributed by atoms with van der Waals surface area (Å²) in [6.45, 7) is 0.307. The van der Waals surface area contributed by atoms with Gasteiger partial charge in [-0.3, -0.25) is 0 Å². The third kappa shape index (κ3) is 2.93. The van der Waals surface area contributed by atoms with Crippen molar-refractivity contribution in [1.82, 2.24) is 0 Å². The zero-order valence-corrected chi connectivity index (χ0v) is 8.62. The number of aliphatic hydroxyl groups excluding tert-OH is 1. The quantitative estimate of drug-likeness (QED) is 0.795. The molecule has 0 aliphatic rings. The van der Waals surface area contributed by atoms with Crippen molar-refractivity contribution in [3.8, 4) is 0 Å². The molecular formula is C8H11BrOS. The fraction of sp³-hybridized carbons (Fsp3) is 0.500. The number of hydrogen-bond donors (Lipinski definition) is 1. The molecule has 0 bridgehead atoms. The predicted octanol–water partition coefficient (Wildman–Crippen LogP) is 2.83. The van der Waals surface area contributed by atoms with E-state index in [1.807, 2.05) is 0 Å². The molecule has 0 atom stereocenters. The lowest BCUT2D eigenvalue weighted by Gasteiger charge is -1.96. The van der Waals surface area contributed by atoms with Gasteiger partial charge in [-0.1, -0.05) is 0 Å². The number of aryl methyl sites for hydroxylation is 1. The first kappa shape index (κ1) is 9.23. The largest absolute Gasteiger partial charge is 0.396 e. The lowest BCUT2D eigenvalue weighted by molar-refractivity contribution is 0.284. The normalized spacial score (nSPS) is 10.4. The van der Waals surface area contributed by atoms with Crippen molar-refractivity contribution >= 4 is 27.3 Å². The Morgan fingerprint density at radius 2 is 2.27 bits per heavy atom. The summed E-state index contributed by atoms with van der Waals surface area (Å²) >= 11 is 5.19. The van der Waals surface area contributed by atoms with E-state index in [9.17, 15) is 0 Å². The molecule has 0 unspecified atom stereocenters. The Labute approximate surface area is 79.2 Å².